The SMILES string of the molecule is CCNC(=O)[C@H](O)[C@H]1OC(=O)[C@@H](O)[C@H]1O. The molecule has 1 saturated heterocycles. The molecular weight excluding hydrogens is 206 g/mol. The molecule has 0 aromatic heterocycles. The second kappa shape index (κ2) is 4.56. The van der Waals surface area contributed by atoms with E-state index in [0.717, 1.165) is 0 Å². The summed E-state index contributed by atoms with van der Waals surface area (Å²) in [6, 6.07) is 0. The van der Waals surface area contributed by atoms with Crippen LogP contribution in [0.4, 0.5) is 0 Å². The van der Waals surface area contributed by atoms with Gasteiger partial charge in [0.2, 0.25) is 0 Å². The maximum absolute atomic E-state index is 11.1. The molecule has 1 aliphatic rings. The van der Waals surface area contributed by atoms with Gasteiger partial charge in [0.05, 0.1) is 0 Å². The minimum atomic E-state index is -1.71. The summed E-state index contributed by atoms with van der Waals surface area (Å²) in [6.45, 7) is 1.95. The molecule has 1 aliphatic heterocycles. The molecule has 1 amide bonds. The van der Waals surface area contributed by atoms with Crippen molar-refractivity contribution in [3.63, 3.8) is 0 Å². The van der Waals surface area contributed by atoms with E-state index >= 15 is 0 Å². The first kappa shape index (κ1) is 11.9. The van der Waals surface area contributed by atoms with E-state index in [-0.39, 0.29) is 0 Å². The maximum Gasteiger partial charge on any atom is 0.338 e. The normalized spacial score (nSPS) is 32.3. The number of ether oxygens (including phenoxy) is 1. The predicted octanol–water partition coefficient (Wildman–Crippen LogP) is -2.87. The van der Waals surface area contributed by atoms with Crippen LogP contribution in [0.5, 0.6) is 0 Å². The third-order valence-corrected chi connectivity index (χ3v) is 2.08. The second-order valence-corrected chi connectivity index (χ2v) is 3.18. The largest absolute Gasteiger partial charge is 0.454 e. The molecule has 0 spiro atoms. The van der Waals surface area contributed by atoms with Gasteiger partial charge in [-0.2, -0.15) is 0 Å². The Kier molecular flexibility index (Phi) is 3.61. The third-order valence-electron chi connectivity index (χ3n) is 2.08. The Hall–Kier alpha value is -1.18. The number of rotatable bonds is 3. The highest BCUT2D eigenvalue weighted by molar-refractivity contribution is 5.84. The highest BCUT2D eigenvalue weighted by Crippen LogP contribution is 2.18. The number of nitrogens with one attached hydrogen (secondary N) is 1. The number of aliphatic hydroxyl groups excluding tert-OH is 3. The van der Waals surface area contributed by atoms with Crippen molar-refractivity contribution in [2.45, 2.75) is 31.3 Å². The van der Waals surface area contributed by atoms with E-state index in [1.54, 1.807) is 6.92 Å². The lowest BCUT2D eigenvalue weighted by Gasteiger charge is -2.18. The number of carbonyl (C=O) groups excluding carboxylic acids is 2. The maximum atomic E-state index is 11.1. The molecule has 0 radical (unpaired) electrons. The van der Waals surface area contributed by atoms with Gasteiger partial charge < -0.3 is 25.4 Å². The smallest absolute Gasteiger partial charge is 0.338 e. The van der Waals surface area contributed by atoms with Gasteiger partial charge in [-0.15, -0.1) is 0 Å². The van der Waals surface area contributed by atoms with E-state index in [0.29, 0.717) is 6.54 Å². The summed E-state index contributed by atoms with van der Waals surface area (Å²) >= 11 is 0. The Morgan fingerprint density at radius 3 is 2.60 bits per heavy atom. The zero-order valence-electron chi connectivity index (χ0n) is 8.08. The van der Waals surface area contributed by atoms with Crippen molar-refractivity contribution in [2.24, 2.45) is 0 Å². The quantitative estimate of drug-likeness (QED) is 0.379. The van der Waals surface area contributed by atoms with E-state index in [1.807, 2.05) is 0 Å². The van der Waals surface area contributed by atoms with Crippen LogP contribution in [-0.4, -0.2) is 58.2 Å². The van der Waals surface area contributed by atoms with Crippen LogP contribution in [0.15, 0.2) is 0 Å². The van der Waals surface area contributed by atoms with Gasteiger partial charge in [0, 0.05) is 6.54 Å². The topological polar surface area (TPSA) is 116 Å². The van der Waals surface area contributed by atoms with Gasteiger partial charge >= 0.3 is 5.97 Å². The first-order valence-corrected chi connectivity index (χ1v) is 4.51. The first-order chi connectivity index (χ1) is 6.99. The Balaban J connectivity index is 2.65. The zero-order valence-corrected chi connectivity index (χ0v) is 8.08. The average Bonchev–Trinajstić information content (AvgIpc) is 2.45. The summed E-state index contributed by atoms with van der Waals surface area (Å²) in [7, 11) is 0. The summed E-state index contributed by atoms with van der Waals surface area (Å²) in [5, 5.41) is 30.0. The van der Waals surface area contributed by atoms with Gasteiger partial charge in [-0.1, -0.05) is 0 Å². The van der Waals surface area contributed by atoms with Crippen molar-refractivity contribution in [1.29, 1.82) is 0 Å². The molecule has 7 heteroatoms. The molecule has 86 valence electrons. The van der Waals surface area contributed by atoms with Crippen molar-refractivity contribution >= 4 is 11.9 Å². The van der Waals surface area contributed by atoms with Crippen molar-refractivity contribution in [3.05, 3.63) is 0 Å². The van der Waals surface area contributed by atoms with Gasteiger partial charge in [-0.05, 0) is 6.92 Å². The van der Waals surface area contributed by atoms with Crippen LogP contribution in [0.25, 0.3) is 0 Å². The molecule has 1 fully saturated rings. The van der Waals surface area contributed by atoms with E-state index in [1.165, 1.54) is 0 Å². The third kappa shape index (κ3) is 2.25. The first-order valence-electron chi connectivity index (χ1n) is 4.51. The van der Waals surface area contributed by atoms with Gasteiger partial charge in [0.25, 0.3) is 5.91 Å². The van der Waals surface area contributed by atoms with Gasteiger partial charge in [-0.25, -0.2) is 4.79 Å². The van der Waals surface area contributed by atoms with Crippen molar-refractivity contribution in [2.75, 3.05) is 6.54 Å². The molecule has 0 bridgehead atoms. The molecule has 4 atom stereocenters. The minimum absolute atomic E-state index is 0.301. The molecule has 4 N–H and O–H groups in total. The Labute approximate surface area is 85.7 Å². The number of cyclic esters (lactones) is 1. The minimum Gasteiger partial charge on any atom is -0.454 e. The van der Waals surface area contributed by atoms with Crippen LogP contribution in [0.1, 0.15) is 6.92 Å². The molecule has 1 rings (SSSR count). The lowest BCUT2D eigenvalue weighted by molar-refractivity contribution is -0.153. The molecule has 0 aliphatic carbocycles. The van der Waals surface area contributed by atoms with Crippen molar-refractivity contribution in [3.8, 4) is 0 Å². The Bertz CT molecular complexity index is 268. The standard InChI is InChI=1S/C8H13NO6/c1-2-9-7(13)5(12)6-3(10)4(11)8(14)15-6/h3-6,10-12H,2H2,1H3,(H,9,13)/t3-,4+,5-,6+/m1/s1. The number of amides is 1. The molecule has 1 heterocycles. The molecular formula is C8H13NO6. The number of aliphatic hydroxyl groups is 3. The fourth-order valence-electron chi connectivity index (χ4n) is 1.27. The molecule has 0 saturated carbocycles. The molecule has 15 heavy (non-hydrogen) atoms. The number of hydrogen-bond donors (Lipinski definition) is 4. The zero-order chi connectivity index (χ0) is 11.6. The van der Waals surface area contributed by atoms with Crippen LogP contribution in [0.2, 0.25) is 0 Å². The highest BCUT2D eigenvalue weighted by Gasteiger charge is 2.48. The van der Waals surface area contributed by atoms with E-state index in [2.05, 4.69) is 10.1 Å². The predicted molar refractivity (Wildman–Crippen MR) is 46.6 cm³/mol. The monoisotopic (exact) mass is 219 g/mol. The van der Waals surface area contributed by atoms with Crippen molar-refractivity contribution < 1.29 is 29.6 Å². The number of likely N-dealkylation sites (N-methyl/N-ethyl adjacent to an activating group) is 1. The fourth-order valence-corrected chi connectivity index (χ4v) is 1.27. The van der Waals surface area contributed by atoms with Gasteiger partial charge in [0.1, 0.15) is 6.10 Å². The van der Waals surface area contributed by atoms with Crippen LogP contribution >= 0.6 is 0 Å². The highest BCUT2D eigenvalue weighted by atomic mass is 16.6. The van der Waals surface area contributed by atoms with Crippen LogP contribution in [-0.2, 0) is 14.3 Å². The second-order valence-electron chi connectivity index (χ2n) is 3.18. The van der Waals surface area contributed by atoms with Crippen LogP contribution in [0.3, 0.4) is 0 Å². The summed E-state index contributed by atoms with van der Waals surface area (Å²) in [5.41, 5.74) is 0. The van der Waals surface area contributed by atoms with Crippen molar-refractivity contribution in [1.82, 2.24) is 5.32 Å². The molecule has 0 unspecified atom stereocenters. The van der Waals surface area contributed by atoms with Crippen LogP contribution < -0.4 is 5.32 Å². The lowest BCUT2D eigenvalue weighted by Crippen LogP contribution is -2.47. The van der Waals surface area contributed by atoms with Gasteiger partial charge in [0.15, 0.2) is 18.3 Å². The summed E-state index contributed by atoms with van der Waals surface area (Å²) in [4.78, 5) is 21.9. The molecule has 7 nitrogen and oxygen atoms in total. The van der Waals surface area contributed by atoms with Crippen LogP contribution in [0, 0.1) is 0 Å². The lowest BCUT2D eigenvalue weighted by atomic mass is 10.1. The summed E-state index contributed by atoms with van der Waals surface area (Å²) < 4.78 is 4.47. The van der Waals surface area contributed by atoms with Gasteiger partial charge in [-0.3, -0.25) is 4.79 Å². The van der Waals surface area contributed by atoms with E-state index in [9.17, 15) is 19.8 Å². The molecule has 0 aromatic rings. The average molecular weight is 219 g/mol. The van der Waals surface area contributed by atoms with E-state index in [4.69, 9.17) is 5.11 Å². The summed E-state index contributed by atoms with van der Waals surface area (Å²) in [5.74, 6) is -1.81. The number of hydrogen-bond acceptors (Lipinski definition) is 6. The fraction of sp³-hybridized carbons (Fsp3) is 0.750. The summed E-state index contributed by atoms with van der Waals surface area (Å²) in [6.07, 6.45) is -6.39. The Morgan fingerprint density at radius 2 is 2.20 bits per heavy atom. The number of esters is 1. The Morgan fingerprint density at radius 1 is 1.60 bits per heavy atom. The number of carbonyl (C=O) groups is 2. The molecule has 0 aromatic carbocycles. The van der Waals surface area contributed by atoms with E-state index < -0.39 is 36.3 Å².